The van der Waals surface area contributed by atoms with Crippen LogP contribution in [-0.2, 0) is 18.9 Å². The molecule has 3 aromatic rings. The highest BCUT2D eigenvalue weighted by molar-refractivity contribution is 5.88. The number of aromatic hydroxyl groups is 2. The summed E-state index contributed by atoms with van der Waals surface area (Å²) in [7, 11) is 0. The van der Waals surface area contributed by atoms with E-state index in [2.05, 4.69) is 0 Å². The van der Waals surface area contributed by atoms with Crippen molar-refractivity contribution in [2.45, 2.75) is 113 Å². The topological polar surface area (TPSA) is 288 Å². The van der Waals surface area contributed by atoms with Gasteiger partial charge in [-0.25, -0.2) is 0 Å². The Morgan fingerprint density at radius 3 is 1.75 bits per heavy atom. The van der Waals surface area contributed by atoms with E-state index in [1.165, 1.54) is 51.1 Å². The molecule has 0 radical (unpaired) electrons. The average molecular weight is 725 g/mol. The molecule has 0 aliphatic carbocycles. The molecule has 3 saturated heterocycles. The van der Waals surface area contributed by atoms with E-state index in [-0.39, 0.29) is 28.4 Å². The molecule has 3 fully saturated rings. The molecular formula is C33H40O18. The van der Waals surface area contributed by atoms with Crippen LogP contribution in [0.5, 0.6) is 23.0 Å². The lowest BCUT2D eigenvalue weighted by Crippen LogP contribution is -2.63. The number of ether oxygens (including phenoxy) is 6. The van der Waals surface area contributed by atoms with Crippen LogP contribution in [-0.4, -0.2) is 143 Å². The number of phenols is 2. The van der Waals surface area contributed by atoms with Gasteiger partial charge in [0.05, 0.1) is 18.3 Å². The van der Waals surface area contributed by atoms with Gasteiger partial charge in [0.15, 0.2) is 12.1 Å². The van der Waals surface area contributed by atoms with Gasteiger partial charge in [0.2, 0.25) is 23.8 Å². The maximum Gasteiger partial charge on any atom is 0.239 e. The predicted octanol–water partition coefficient (Wildman–Crippen LogP) is -1.86. The first-order valence-corrected chi connectivity index (χ1v) is 16.1. The molecule has 1 aromatic heterocycles. The van der Waals surface area contributed by atoms with Gasteiger partial charge in [-0.15, -0.1) is 0 Å². The lowest BCUT2D eigenvalue weighted by molar-refractivity contribution is -0.346. The number of fused-ring (bicyclic) bond motifs is 1. The molecule has 0 spiro atoms. The number of hydrogen-bond donors (Lipinski definition) is 10. The quantitative estimate of drug-likeness (QED) is 0.128. The summed E-state index contributed by atoms with van der Waals surface area (Å²) in [6.07, 6.45) is -22.3. The summed E-state index contributed by atoms with van der Waals surface area (Å²) in [6, 6.07) is 7.56. The van der Waals surface area contributed by atoms with Crippen LogP contribution in [0, 0.1) is 0 Å². The second-order valence-electron chi connectivity index (χ2n) is 12.8. The molecule has 0 amide bonds. The second-order valence-corrected chi connectivity index (χ2v) is 12.8. The van der Waals surface area contributed by atoms with Gasteiger partial charge in [0.25, 0.3) is 0 Å². The molecule has 280 valence electrons. The fourth-order valence-corrected chi connectivity index (χ4v) is 6.13. The lowest BCUT2D eigenvalue weighted by atomic mass is 9.97. The lowest BCUT2D eigenvalue weighted by Gasteiger charge is -2.45. The molecule has 0 bridgehead atoms. The van der Waals surface area contributed by atoms with Crippen molar-refractivity contribution in [1.82, 2.24) is 0 Å². The van der Waals surface area contributed by atoms with Crippen molar-refractivity contribution < 1.29 is 83.9 Å². The molecular weight excluding hydrogens is 684 g/mol. The van der Waals surface area contributed by atoms with E-state index >= 15 is 0 Å². The number of benzene rings is 2. The standard InChI is InChI=1S/C33H40O18/c1-10-19(36)23(40)25(42)31(45-10)50-29-21(38)12(3)47-33(27(29)44)48-15-8-16(35)18-17(9-15)49-28(13-4-6-14(34)7-5-13)30(22(18)39)51-32-26(43)24(41)20(37)11(2)46-32/h4-12,19-21,23-27,29,31-38,40-44H,1-3H3/t10-,11-,12-,19-,20+,21-,23+,24-,25-,26+,27-,29+,31-,32-,33-/m0/s1. The first kappa shape index (κ1) is 37.1. The number of aliphatic hydroxyl groups excluding tert-OH is 8. The van der Waals surface area contributed by atoms with Crippen LogP contribution in [0.2, 0.25) is 0 Å². The summed E-state index contributed by atoms with van der Waals surface area (Å²) < 4.78 is 39.9. The van der Waals surface area contributed by atoms with Gasteiger partial charge in [-0.1, -0.05) is 0 Å². The zero-order valence-electron chi connectivity index (χ0n) is 27.4. The van der Waals surface area contributed by atoms with Gasteiger partial charge in [-0.2, -0.15) is 0 Å². The third-order valence-corrected chi connectivity index (χ3v) is 9.21. The second kappa shape index (κ2) is 14.4. The molecule has 51 heavy (non-hydrogen) atoms. The Morgan fingerprint density at radius 1 is 0.608 bits per heavy atom. The molecule has 18 heteroatoms. The van der Waals surface area contributed by atoms with E-state index in [4.69, 9.17) is 32.8 Å². The van der Waals surface area contributed by atoms with Crippen molar-refractivity contribution >= 4 is 11.0 Å². The van der Waals surface area contributed by atoms with Crippen LogP contribution in [0.3, 0.4) is 0 Å². The van der Waals surface area contributed by atoms with Gasteiger partial charge >= 0.3 is 0 Å². The highest BCUT2D eigenvalue weighted by Gasteiger charge is 2.50. The van der Waals surface area contributed by atoms with Crippen molar-refractivity contribution in [2.75, 3.05) is 0 Å². The van der Waals surface area contributed by atoms with Crippen molar-refractivity contribution in [3.63, 3.8) is 0 Å². The first-order chi connectivity index (χ1) is 24.1. The maximum atomic E-state index is 13.9. The minimum absolute atomic E-state index is 0.116. The Bertz CT molecular complexity index is 1750. The summed E-state index contributed by atoms with van der Waals surface area (Å²) in [5.74, 6) is -1.79. The minimum atomic E-state index is -1.80. The summed E-state index contributed by atoms with van der Waals surface area (Å²) >= 11 is 0. The van der Waals surface area contributed by atoms with E-state index in [0.717, 1.165) is 6.07 Å². The predicted molar refractivity (Wildman–Crippen MR) is 168 cm³/mol. The van der Waals surface area contributed by atoms with Crippen LogP contribution >= 0.6 is 0 Å². The van der Waals surface area contributed by atoms with E-state index in [1.807, 2.05) is 0 Å². The van der Waals surface area contributed by atoms with Crippen molar-refractivity contribution in [3.05, 3.63) is 46.6 Å². The molecule has 4 heterocycles. The van der Waals surface area contributed by atoms with Crippen molar-refractivity contribution in [2.24, 2.45) is 0 Å². The fraction of sp³-hybridized carbons (Fsp3) is 0.545. The molecule has 3 aliphatic heterocycles. The third-order valence-electron chi connectivity index (χ3n) is 9.21. The molecule has 15 atom stereocenters. The molecule has 18 nitrogen and oxygen atoms in total. The van der Waals surface area contributed by atoms with Gasteiger partial charge in [0.1, 0.15) is 83.2 Å². The van der Waals surface area contributed by atoms with E-state index in [1.54, 1.807) is 0 Å². The molecule has 6 rings (SSSR count). The van der Waals surface area contributed by atoms with Gasteiger partial charge in [-0.05, 0) is 45.0 Å². The summed E-state index contributed by atoms with van der Waals surface area (Å²) in [6.45, 7) is 4.29. The van der Waals surface area contributed by atoms with Gasteiger partial charge in [-0.3, -0.25) is 4.79 Å². The zero-order chi connectivity index (χ0) is 37.0. The Balaban J connectivity index is 1.33. The van der Waals surface area contributed by atoms with Crippen LogP contribution in [0.4, 0.5) is 0 Å². The Hall–Kier alpha value is -3.63. The highest BCUT2D eigenvalue weighted by atomic mass is 16.7. The largest absolute Gasteiger partial charge is 0.508 e. The molecule has 2 aromatic carbocycles. The highest BCUT2D eigenvalue weighted by Crippen LogP contribution is 2.39. The maximum absolute atomic E-state index is 13.9. The monoisotopic (exact) mass is 724 g/mol. The number of aliphatic hydroxyl groups is 8. The summed E-state index contributed by atoms with van der Waals surface area (Å²) in [5.41, 5.74) is -1.01. The zero-order valence-corrected chi connectivity index (χ0v) is 27.4. The summed E-state index contributed by atoms with van der Waals surface area (Å²) in [4.78, 5) is 13.9. The smallest absolute Gasteiger partial charge is 0.239 e. The van der Waals surface area contributed by atoms with Crippen molar-refractivity contribution in [1.29, 1.82) is 0 Å². The van der Waals surface area contributed by atoms with Gasteiger partial charge in [0, 0.05) is 17.7 Å². The van der Waals surface area contributed by atoms with Crippen LogP contribution in [0.15, 0.2) is 45.6 Å². The van der Waals surface area contributed by atoms with Crippen molar-refractivity contribution in [3.8, 4) is 34.3 Å². The van der Waals surface area contributed by atoms with Crippen LogP contribution < -0.4 is 14.9 Å². The average Bonchev–Trinajstić information content (AvgIpc) is 3.09. The van der Waals surface area contributed by atoms with Crippen LogP contribution in [0.25, 0.3) is 22.3 Å². The number of hydrogen-bond acceptors (Lipinski definition) is 18. The Kier molecular flexibility index (Phi) is 10.5. The molecule has 0 saturated carbocycles. The van der Waals surface area contributed by atoms with E-state index < -0.39 is 114 Å². The molecule has 10 N–H and O–H groups in total. The molecule has 3 aliphatic rings. The fourth-order valence-electron chi connectivity index (χ4n) is 6.13. The third kappa shape index (κ3) is 6.98. The van der Waals surface area contributed by atoms with E-state index in [0.29, 0.717) is 0 Å². The van der Waals surface area contributed by atoms with E-state index in [9.17, 15) is 55.9 Å². The minimum Gasteiger partial charge on any atom is -0.508 e. The van der Waals surface area contributed by atoms with Crippen LogP contribution in [0.1, 0.15) is 20.8 Å². The van der Waals surface area contributed by atoms with Gasteiger partial charge < -0.3 is 83.9 Å². The number of rotatable bonds is 7. The first-order valence-electron chi connectivity index (χ1n) is 16.1. The number of phenolic OH excluding ortho intramolecular Hbond substituents is 2. The Labute approximate surface area is 288 Å². The Morgan fingerprint density at radius 2 is 1.14 bits per heavy atom. The normalized spacial score (nSPS) is 38.8. The summed E-state index contributed by atoms with van der Waals surface area (Å²) in [5, 5.41) is 104. The SMILES string of the molecule is C[C@@H]1O[C@@H](O[C@H]2[C@H](O)[C@H](Oc3cc(O)c4c(=O)c(O[C@@H]5O[C@@H](C)[C@@H](O)[C@H](O)[C@H]5O)c(-c5ccc(O)cc5)oc4c3)O[C@@H](C)[C@@H]2O)[C@@H](O)[C@H](O)[C@H]1O. The molecule has 0 unspecified atom stereocenters.